The summed E-state index contributed by atoms with van der Waals surface area (Å²) in [5, 5.41) is 5.81. The van der Waals surface area contributed by atoms with Gasteiger partial charge in [-0.25, -0.2) is 22.6 Å². The van der Waals surface area contributed by atoms with Crippen LogP contribution in [0, 0.1) is 23.3 Å². The minimum atomic E-state index is -1.27. The summed E-state index contributed by atoms with van der Waals surface area (Å²) in [6, 6.07) is 14.9. The molecule has 1 aliphatic rings. The van der Waals surface area contributed by atoms with Crippen LogP contribution in [0.15, 0.2) is 71.8 Å². The van der Waals surface area contributed by atoms with Crippen LogP contribution >= 0.6 is 11.8 Å². The lowest BCUT2D eigenvalue weighted by Crippen LogP contribution is -2.46. The maximum Gasteiger partial charge on any atom is 0.273 e. The number of halogens is 4. The third-order valence-electron chi connectivity index (χ3n) is 7.26. The number of hydrazone groups is 1. The van der Waals surface area contributed by atoms with E-state index in [-0.39, 0.29) is 42.1 Å². The van der Waals surface area contributed by atoms with Crippen molar-refractivity contribution < 1.29 is 31.9 Å². The molecule has 0 saturated heterocycles. The lowest BCUT2D eigenvalue weighted by Gasteiger charge is -2.37. The number of methoxy groups -OCH3 is 1. The topological polar surface area (TPSA) is 65.5 Å². The standard InChI is InChI=1S/C32H34F4N4O3S/c1-21(43-4)31(42)40-32(22-9-6-5-7-10-22,44-30(37-40)25-19-23(33)11-13-26(25)35)16-8-17-39(29(41)15-18-38(2)3)28-20-24(34)12-14-27(28)36/h5-7,9-14,19-21H,8,15-18H2,1-4H3/t21-,32?/m0/s1. The molecule has 1 heterocycles. The van der Waals surface area contributed by atoms with E-state index >= 15 is 0 Å². The number of carbonyl (C=O) groups excluding carboxylic acids is 2. The normalized spacial score (nSPS) is 17.1. The van der Waals surface area contributed by atoms with Crippen LogP contribution in [0.2, 0.25) is 0 Å². The van der Waals surface area contributed by atoms with E-state index in [1.54, 1.807) is 51.4 Å². The molecule has 0 spiro atoms. The molecule has 2 atom stereocenters. The summed E-state index contributed by atoms with van der Waals surface area (Å²) in [5.74, 6) is -3.77. The molecule has 0 fully saturated rings. The van der Waals surface area contributed by atoms with Crippen molar-refractivity contribution >= 4 is 34.3 Å². The summed E-state index contributed by atoms with van der Waals surface area (Å²) in [6.45, 7) is 1.92. The van der Waals surface area contributed by atoms with Crippen molar-refractivity contribution in [2.24, 2.45) is 5.10 Å². The minimum absolute atomic E-state index is 0.0205. The molecular weight excluding hydrogens is 596 g/mol. The van der Waals surface area contributed by atoms with E-state index in [0.29, 0.717) is 12.1 Å². The second-order valence-corrected chi connectivity index (χ2v) is 11.9. The molecule has 0 saturated carbocycles. The molecule has 0 aromatic heterocycles. The molecule has 44 heavy (non-hydrogen) atoms. The summed E-state index contributed by atoms with van der Waals surface area (Å²) >= 11 is 1.08. The number of hydrogen-bond acceptors (Lipinski definition) is 6. The highest BCUT2D eigenvalue weighted by Crippen LogP contribution is 2.51. The number of nitrogens with zero attached hydrogens (tertiary/aromatic N) is 4. The van der Waals surface area contributed by atoms with E-state index in [9.17, 15) is 27.2 Å². The van der Waals surface area contributed by atoms with Gasteiger partial charge in [0.2, 0.25) is 5.91 Å². The molecule has 0 bridgehead atoms. The molecule has 1 aliphatic heterocycles. The van der Waals surface area contributed by atoms with Crippen molar-refractivity contribution in [2.45, 2.75) is 37.2 Å². The van der Waals surface area contributed by atoms with Gasteiger partial charge in [0.15, 0.2) is 0 Å². The third-order valence-corrected chi connectivity index (χ3v) is 8.71. The monoisotopic (exact) mass is 630 g/mol. The third kappa shape index (κ3) is 7.31. The fraction of sp³-hybridized carbons (Fsp3) is 0.344. The van der Waals surface area contributed by atoms with Gasteiger partial charge in [0, 0.05) is 38.2 Å². The Kier molecular flexibility index (Phi) is 10.8. The molecule has 12 heteroatoms. The highest BCUT2D eigenvalue weighted by molar-refractivity contribution is 8.15. The smallest absolute Gasteiger partial charge is 0.273 e. The lowest BCUT2D eigenvalue weighted by atomic mass is 9.99. The van der Waals surface area contributed by atoms with Crippen LogP contribution in [0.1, 0.15) is 37.3 Å². The van der Waals surface area contributed by atoms with Gasteiger partial charge in [0.1, 0.15) is 39.3 Å². The number of amides is 2. The second-order valence-electron chi connectivity index (χ2n) is 10.6. The van der Waals surface area contributed by atoms with Crippen LogP contribution in [0.4, 0.5) is 23.2 Å². The molecule has 3 aromatic rings. The van der Waals surface area contributed by atoms with Crippen LogP contribution in [0.25, 0.3) is 0 Å². The number of carbonyl (C=O) groups is 2. The number of benzene rings is 3. The maximum absolute atomic E-state index is 15.0. The molecule has 0 radical (unpaired) electrons. The predicted octanol–water partition coefficient (Wildman–Crippen LogP) is 6.13. The Bertz CT molecular complexity index is 1520. The Morgan fingerprint density at radius 1 is 0.955 bits per heavy atom. The number of rotatable bonds is 12. The summed E-state index contributed by atoms with van der Waals surface area (Å²) < 4.78 is 63.6. The summed E-state index contributed by atoms with van der Waals surface area (Å²) in [5.41, 5.74) is 0.332. The Morgan fingerprint density at radius 3 is 2.27 bits per heavy atom. The molecular formula is C32H34F4N4O3S. The maximum atomic E-state index is 15.0. The SMILES string of the molecule is CO[C@@H](C)C(=O)N1N=C(c2cc(F)ccc2F)SC1(CCCN(C(=O)CCN(C)C)c1cc(F)ccc1F)c1ccccc1. The number of thioether (sulfide) groups is 1. The first-order valence-corrected chi connectivity index (χ1v) is 14.8. The Balaban J connectivity index is 1.74. The van der Waals surface area contributed by atoms with Gasteiger partial charge in [0.05, 0.1) is 5.69 Å². The molecule has 0 N–H and O–H groups in total. The number of anilines is 1. The molecule has 2 amide bonds. The largest absolute Gasteiger partial charge is 0.372 e. The molecule has 234 valence electrons. The average Bonchev–Trinajstić information content (AvgIpc) is 3.40. The van der Waals surface area contributed by atoms with Crippen LogP contribution in [-0.2, 0) is 19.2 Å². The van der Waals surface area contributed by atoms with E-state index in [2.05, 4.69) is 5.10 Å². The van der Waals surface area contributed by atoms with Crippen molar-refractivity contribution in [1.82, 2.24) is 9.91 Å². The van der Waals surface area contributed by atoms with Gasteiger partial charge in [-0.3, -0.25) is 9.59 Å². The zero-order valence-corrected chi connectivity index (χ0v) is 25.7. The Hall–Kier alpha value is -3.74. The summed E-state index contributed by atoms with van der Waals surface area (Å²) in [4.78, 5) is 28.8. The van der Waals surface area contributed by atoms with Gasteiger partial charge in [-0.1, -0.05) is 42.1 Å². The highest BCUT2D eigenvalue weighted by Gasteiger charge is 2.49. The molecule has 0 aliphatic carbocycles. The molecule has 7 nitrogen and oxygen atoms in total. The first-order valence-electron chi connectivity index (χ1n) is 14.0. The van der Waals surface area contributed by atoms with E-state index in [1.807, 2.05) is 4.90 Å². The quantitative estimate of drug-likeness (QED) is 0.225. The number of ether oxygens (including phenoxy) is 1. The summed E-state index contributed by atoms with van der Waals surface area (Å²) in [6.07, 6.45) is -0.513. The van der Waals surface area contributed by atoms with Crippen molar-refractivity contribution in [2.75, 3.05) is 39.2 Å². The fourth-order valence-electron chi connectivity index (χ4n) is 4.85. The van der Waals surface area contributed by atoms with Gasteiger partial charge in [0.25, 0.3) is 5.91 Å². The van der Waals surface area contributed by atoms with Crippen molar-refractivity contribution in [3.05, 3.63) is 101 Å². The van der Waals surface area contributed by atoms with Gasteiger partial charge < -0.3 is 14.5 Å². The first-order chi connectivity index (χ1) is 21.0. The van der Waals surface area contributed by atoms with Crippen molar-refractivity contribution in [1.29, 1.82) is 0 Å². The lowest BCUT2D eigenvalue weighted by molar-refractivity contribution is -0.144. The van der Waals surface area contributed by atoms with E-state index in [4.69, 9.17) is 4.74 Å². The zero-order chi connectivity index (χ0) is 32.0. The van der Waals surface area contributed by atoms with Gasteiger partial charge in [-0.05, 0) is 69.8 Å². The molecule has 4 rings (SSSR count). The van der Waals surface area contributed by atoms with E-state index < -0.39 is 46.1 Å². The predicted molar refractivity (Wildman–Crippen MR) is 163 cm³/mol. The number of hydrogen-bond donors (Lipinski definition) is 0. The minimum Gasteiger partial charge on any atom is -0.372 e. The van der Waals surface area contributed by atoms with E-state index in [1.165, 1.54) is 17.0 Å². The van der Waals surface area contributed by atoms with Crippen LogP contribution in [0.3, 0.4) is 0 Å². The van der Waals surface area contributed by atoms with Crippen LogP contribution in [0.5, 0.6) is 0 Å². The summed E-state index contributed by atoms with van der Waals surface area (Å²) in [7, 11) is 4.97. The van der Waals surface area contributed by atoms with Crippen molar-refractivity contribution in [3.8, 4) is 0 Å². The van der Waals surface area contributed by atoms with Crippen molar-refractivity contribution in [3.63, 3.8) is 0 Å². The zero-order valence-electron chi connectivity index (χ0n) is 24.9. The Labute approximate surface area is 258 Å². The van der Waals surface area contributed by atoms with Gasteiger partial charge in [-0.2, -0.15) is 5.10 Å². The average molecular weight is 631 g/mol. The second kappa shape index (κ2) is 14.4. The van der Waals surface area contributed by atoms with E-state index in [0.717, 1.165) is 48.2 Å². The molecule has 3 aromatic carbocycles. The van der Waals surface area contributed by atoms with Gasteiger partial charge in [-0.15, -0.1) is 0 Å². The van der Waals surface area contributed by atoms with Crippen LogP contribution in [-0.4, -0.2) is 67.2 Å². The van der Waals surface area contributed by atoms with Gasteiger partial charge >= 0.3 is 0 Å². The molecule has 1 unspecified atom stereocenters. The Morgan fingerprint density at radius 2 is 1.61 bits per heavy atom. The fourth-order valence-corrected chi connectivity index (χ4v) is 6.28. The first kappa shape index (κ1) is 33.2. The highest BCUT2D eigenvalue weighted by atomic mass is 32.2. The van der Waals surface area contributed by atoms with Crippen LogP contribution < -0.4 is 4.90 Å².